The van der Waals surface area contributed by atoms with Gasteiger partial charge >= 0.3 is 0 Å². The number of aryl methyl sites for hydroxylation is 2. The van der Waals surface area contributed by atoms with E-state index in [1.54, 1.807) is 0 Å². The molecule has 2 aromatic rings. The van der Waals surface area contributed by atoms with Gasteiger partial charge in [0.15, 0.2) is 0 Å². The largest absolute Gasteiger partial charge is 0.345 e. The van der Waals surface area contributed by atoms with Crippen molar-refractivity contribution in [2.75, 3.05) is 7.05 Å². The second kappa shape index (κ2) is 5.57. The highest BCUT2D eigenvalue weighted by molar-refractivity contribution is 5.67. The zero-order chi connectivity index (χ0) is 14.0. The number of aromatic nitrogens is 2. The van der Waals surface area contributed by atoms with Crippen LogP contribution in [0.3, 0.4) is 0 Å². The minimum absolute atomic E-state index is 0.934. The van der Waals surface area contributed by atoms with Crippen LogP contribution in [-0.4, -0.2) is 21.9 Å². The summed E-state index contributed by atoms with van der Waals surface area (Å²) in [6.07, 6.45) is 0. The first-order chi connectivity index (χ1) is 9.13. The molecule has 102 valence electrons. The number of aromatic amines is 1. The summed E-state index contributed by atoms with van der Waals surface area (Å²) in [4.78, 5) is 10.3. The summed E-state index contributed by atoms with van der Waals surface area (Å²) in [5, 5.41) is 0. The molecule has 1 N–H and O–H groups in total. The molecule has 0 fully saturated rings. The highest BCUT2D eigenvalue weighted by atomic mass is 15.1. The van der Waals surface area contributed by atoms with E-state index in [1.165, 1.54) is 22.4 Å². The number of rotatable bonds is 0. The monoisotopic (exact) mass is 257 g/mol. The molecular formula is C16H23N3. The Labute approximate surface area is 115 Å². The molecule has 3 rings (SSSR count). The summed E-state index contributed by atoms with van der Waals surface area (Å²) in [6, 6.07) is 6.63. The van der Waals surface area contributed by atoms with Crippen LogP contribution in [0.5, 0.6) is 0 Å². The van der Waals surface area contributed by atoms with Crippen molar-refractivity contribution >= 4 is 0 Å². The van der Waals surface area contributed by atoms with Crippen molar-refractivity contribution in [2.24, 2.45) is 0 Å². The van der Waals surface area contributed by atoms with Crippen molar-refractivity contribution in [1.29, 1.82) is 0 Å². The fraction of sp³-hybridized carbons (Fsp3) is 0.438. The molecule has 1 aliphatic heterocycles. The Kier molecular flexibility index (Phi) is 4.05. The van der Waals surface area contributed by atoms with Gasteiger partial charge in [-0.3, -0.25) is 4.90 Å². The molecule has 0 saturated heterocycles. The predicted octanol–water partition coefficient (Wildman–Crippen LogP) is 3.67. The summed E-state index contributed by atoms with van der Waals surface area (Å²) in [5.41, 5.74) is 6.32. The van der Waals surface area contributed by atoms with E-state index in [4.69, 9.17) is 0 Å². The van der Waals surface area contributed by atoms with Crippen LogP contribution in [0.1, 0.15) is 36.5 Å². The van der Waals surface area contributed by atoms with Crippen LogP contribution in [0.4, 0.5) is 0 Å². The van der Waals surface area contributed by atoms with Crippen LogP contribution in [-0.2, 0) is 13.1 Å². The summed E-state index contributed by atoms with van der Waals surface area (Å²) in [7, 11) is 2.15. The van der Waals surface area contributed by atoms with E-state index in [2.05, 4.69) is 47.0 Å². The number of hydrogen-bond acceptors (Lipinski definition) is 2. The molecule has 0 amide bonds. The van der Waals surface area contributed by atoms with Gasteiger partial charge in [-0.25, -0.2) is 4.98 Å². The van der Waals surface area contributed by atoms with Crippen molar-refractivity contribution in [1.82, 2.24) is 14.9 Å². The van der Waals surface area contributed by atoms with Crippen molar-refractivity contribution in [2.45, 2.75) is 40.8 Å². The molecular weight excluding hydrogens is 234 g/mol. The van der Waals surface area contributed by atoms with E-state index in [0.717, 1.165) is 24.6 Å². The van der Waals surface area contributed by atoms with Crippen molar-refractivity contribution in [3.05, 3.63) is 40.8 Å². The van der Waals surface area contributed by atoms with Gasteiger partial charge in [-0.05, 0) is 26.5 Å². The smallest absolute Gasteiger partial charge is 0.103 e. The normalized spacial score (nSPS) is 13.9. The lowest BCUT2D eigenvalue weighted by Crippen LogP contribution is -2.16. The van der Waals surface area contributed by atoms with Gasteiger partial charge in [0.1, 0.15) is 5.82 Å². The Morgan fingerprint density at radius 2 is 1.89 bits per heavy atom. The van der Waals surface area contributed by atoms with Crippen LogP contribution in [0.15, 0.2) is 18.2 Å². The van der Waals surface area contributed by atoms with E-state index in [9.17, 15) is 0 Å². The third-order valence-corrected chi connectivity index (χ3v) is 3.28. The Hall–Kier alpha value is -1.61. The molecule has 1 aromatic carbocycles. The first-order valence-corrected chi connectivity index (χ1v) is 6.97. The zero-order valence-corrected chi connectivity index (χ0v) is 12.5. The lowest BCUT2D eigenvalue weighted by Gasteiger charge is -2.14. The number of imidazole rings is 1. The minimum Gasteiger partial charge on any atom is -0.345 e. The highest BCUT2D eigenvalue weighted by Gasteiger charge is 2.20. The third kappa shape index (κ3) is 2.71. The Balaban J connectivity index is 0.000000637. The fourth-order valence-corrected chi connectivity index (χ4v) is 2.58. The molecule has 0 radical (unpaired) electrons. The van der Waals surface area contributed by atoms with Crippen LogP contribution >= 0.6 is 0 Å². The van der Waals surface area contributed by atoms with Crippen molar-refractivity contribution < 1.29 is 0 Å². The molecule has 19 heavy (non-hydrogen) atoms. The number of hydrogen-bond donors (Lipinski definition) is 1. The number of benzene rings is 1. The van der Waals surface area contributed by atoms with Crippen LogP contribution in [0, 0.1) is 13.8 Å². The molecule has 3 heteroatoms. The molecule has 0 aliphatic carbocycles. The molecule has 1 aliphatic rings. The Morgan fingerprint density at radius 1 is 1.16 bits per heavy atom. The van der Waals surface area contributed by atoms with Gasteiger partial charge in [-0.2, -0.15) is 0 Å². The van der Waals surface area contributed by atoms with E-state index >= 15 is 0 Å². The van der Waals surface area contributed by atoms with Gasteiger partial charge in [0.2, 0.25) is 0 Å². The fourth-order valence-electron chi connectivity index (χ4n) is 2.58. The second-order valence-electron chi connectivity index (χ2n) is 4.98. The molecule has 0 spiro atoms. The van der Waals surface area contributed by atoms with E-state index in [-0.39, 0.29) is 0 Å². The van der Waals surface area contributed by atoms with Crippen molar-refractivity contribution in [3.63, 3.8) is 0 Å². The SMILES string of the molecule is CC.Cc1ccc2c(c1)CN(C)Cc1[nH]c(C)nc1-2. The van der Waals surface area contributed by atoms with Gasteiger partial charge in [-0.15, -0.1) is 0 Å². The Morgan fingerprint density at radius 3 is 2.63 bits per heavy atom. The van der Waals surface area contributed by atoms with Crippen molar-refractivity contribution in [3.8, 4) is 11.3 Å². The average Bonchev–Trinajstić information content (AvgIpc) is 2.67. The topological polar surface area (TPSA) is 31.9 Å². The third-order valence-electron chi connectivity index (χ3n) is 3.28. The number of H-pyrrole nitrogens is 1. The van der Waals surface area contributed by atoms with E-state index in [1.807, 2.05) is 20.8 Å². The molecule has 0 bridgehead atoms. The molecule has 3 nitrogen and oxygen atoms in total. The molecule has 1 aromatic heterocycles. The van der Waals surface area contributed by atoms with E-state index < -0.39 is 0 Å². The number of nitrogens with zero attached hydrogens (tertiary/aromatic N) is 2. The maximum Gasteiger partial charge on any atom is 0.103 e. The quantitative estimate of drug-likeness (QED) is 0.781. The standard InChI is InChI=1S/C14H17N3.C2H6/c1-9-4-5-12-11(6-9)7-17(3)8-13-14(12)16-10(2)15-13;1-2/h4-6H,7-8H2,1-3H3,(H,15,16);1-2H3. The lowest BCUT2D eigenvalue weighted by atomic mass is 10.0. The average molecular weight is 257 g/mol. The highest BCUT2D eigenvalue weighted by Crippen LogP contribution is 2.31. The Bertz CT molecular complexity index is 569. The van der Waals surface area contributed by atoms with Crippen LogP contribution in [0.2, 0.25) is 0 Å². The second-order valence-corrected chi connectivity index (χ2v) is 4.98. The maximum absolute atomic E-state index is 4.63. The zero-order valence-electron chi connectivity index (χ0n) is 12.5. The summed E-state index contributed by atoms with van der Waals surface area (Å²) in [5.74, 6) is 0.997. The molecule has 0 atom stereocenters. The molecule has 2 heterocycles. The maximum atomic E-state index is 4.63. The number of nitrogens with one attached hydrogen (secondary N) is 1. The summed E-state index contributed by atoms with van der Waals surface area (Å²) in [6.45, 7) is 10.1. The van der Waals surface area contributed by atoms with Gasteiger partial charge in [0, 0.05) is 18.7 Å². The first kappa shape index (κ1) is 13.8. The first-order valence-electron chi connectivity index (χ1n) is 6.97. The minimum atomic E-state index is 0.934. The van der Waals surface area contributed by atoms with Gasteiger partial charge < -0.3 is 4.98 Å². The predicted molar refractivity (Wildman–Crippen MR) is 80.0 cm³/mol. The summed E-state index contributed by atoms with van der Waals surface area (Å²) >= 11 is 0. The van der Waals surface area contributed by atoms with Gasteiger partial charge in [0.05, 0.1) is 11.4 Å². The molecule has 0 saturated carbocycles. The summed E-state index contributed by atoms with van der Waals surface area (Å²) < 4.78 is 0. The number of fused-ring (bicyclic) bond motifs is 3. The van der Waals surface area contributed by atoms with Gasteiger partial charge in [0.25, 0.3) is 0 Å². The van der Waals surface area contributed by atoms with E-state index in [0.29, 0.717) is 0 Å². The lowest BCUT2D eigenvalue weighted by molar-refractivity contribution is 0.319. The van der Waals surface area contributed by atoms with Crippen LogP contribution < -0.4 is 0 Å². The van der Waals surface area contributed by atoms with Crippen LogP contribution in [0.25, 0.3) is 11.3 Å². The van der Waals surface area contributed by atoms with Gasteiger partial charge in [-0.1, -0.05) is 37.6 Å². The molecule has 0 unspecified atom stereocenters.